The summed E-state index contributed by atoms with van der Waals surface area (Å²) in [5.41, 5.74) is 11.3. The molecule has 0 aliphatic carbocycles. The molecular formula is C20H27NO. The number of nitrogens with two attached hydrogens (primary N) is 1. The standard InChI is InChI=1S/C20H27NO/c1-4-11-22-19-9-7-17(8-10-19)13-18(14-21)20-12-15(2)5-6-16(20)3/h5-10,12,18H,4,11,13-14,21H2,1-3H3. The van der Waals surface area contributed by atoms with Crippen molar-refractivity contribution < 1.29 is 4.74 Å². The molecule has 2 nitrogen and oxygen atoms in total. The van der Waals surface area contributed by atoms with Crippen molar-refractivity contribution in [2.24, 2.45) is 5.73 Å². The zero-order valence-electron chi connectivity index (χ0n) is 13.9. The van der Waals surface area contributed by atoms with E-state index in [2.05, 4.69) is 63.2 Å². The Labute approximate surface area is 134 Å². The summed E-state index contributed by atoms with van der Waals surface area (Å²) in [5.74, 6) is 1.31. The van der Waals surface area contributed by atoms with Crippen LogP contribution in [0.1, 0.15) is 41.5 Å². The molecule has 0 amide bonds. The van der Waals surface area contributed by atoms with Gasteiger partial charge >= 0.3 is 0 Å². The van der Waals surface area contributed by atoms with Gasteiger partial charge in [0.1, 0.15) is 5.75 Å². The van der Waals surface area contributed by atoms with Gasteiger partial charge in [0.25, 0.3) is 0 Å². The Bertz CT molecular complexity index is 589. The van der Waals surface area contributed by atoms with Gasteiger partial charge in [-0.3, -0.25) is 0 Å². The third-order valence-corrected chi connectivity index (χ3v) is 4.04. The van der Waals surface area contributed by atoms with E-state index >= 15 is 0 Å². The first-order valence-electron chi connectivity index (χ1n) is 8.13. The SMILES string of the molecule is CCCOc1ccc(CC(CN)c2cc(C)ccc2C)cc1. The van der Waals surface area contributed by atoms with Crippen LogP contribution < -0.4 is 10.5 Å². The minimum absolute atomic E-state index is 0.363. The average Bonchev–Trinajstić information content (AvgIpc) is 2.54. The van der Waals surface area contributed by atoms with Crippen molar-refractivity contribution in [1.82, 2.24) is 0 Å². The van der Waals surface area contributed by atoms with Crippen LogP contribution in [0.4, 0.5) is 0 Å². The quantitative estimate of drug-likeness (QED) is 0.823. The van der Waals surface area contributed by atoms with Gasteiger partial charge in [0.15, 0.2) is 0 Å². The molecule has 0 aliphatic rings. The predicted octanol–water partition coefficient (Wildman–Crippen LogP) is 4.38. The largest absolute Gasteiger partial charge is 0.494 e. The third-order valence-electron chi connectivity index (χ3n) is 4.04. The summed E-state index contributed by atoms with van der Waals surface area (Å²) in [4.78, 5) is 0. The second kappa shape index (κ2) is 8.00. The van der Waals surface area contributed by atoms with Crippen molar-refractivity contribution in [2.75, 3.05) is 13.2 Å². The maximum Gasteiger partial charge on any atom is 0.119 e. The van der Waals surface area contributed by atoms with Gasteiger partial charge < -0.3 is 10.5 Å². The number of ether oxygens (including phenoxy) is 1. The van der Waals surface area contributed by atoms with E-state index in [4.69, 9.17) is 10.5 Å². The highest BCUT2D eigenvalue weighted by molar-refractivity contribution is 5.36. The van der Waals surface area contributed by atoms with E-state index in [0.717, 1.165) is 25.2 Å². The zero-order chi connectivity index (χ0) is 15.9. The van der Waals surface area contributed by atoms with E-state index in [9.17, 15) is 0 Å². The monoisotopic (exact) mass is 297 g/mol. The Balaban J connectivity index is 2.11. The molecule has 0 heterocycles. The number of aryl methyl sites for hydroxylation is 2. The number of benzene rings is 2. The lowest BCUT2D eigenvalue weighted by Gasteiger charge is -2.19. The molecule has 2 N–H and O–H groups in total. The molecule has 2 aromatic rings. The lowest BCUT2D eigenvalue weighted by atomic mass is 9.88. The maximum atomic E-state index is 6.04. The molecule has 22 heavy (non-hydrogen) atoms. The van der Waals surface area contributed by atoms with E-state index in [1.807, 2.05) is 0 Å². The molecule has 0 radical (unpaired) electrons. The van der Waals surface area contributed by atoms with E-state index < -0.39 is 0 Å². The topological polar surface area (TPSA) is 35.2 Å². The van der Waals surface area contributed by atoms with Gasteiger partial charge in [0, 0.05) is 5.92 Å². The van der Waals surface area contributed by atoms with Crippen LogP contribution in [0.2, 0.25) is 0 Å². The lowest BCUT2D eigenvalue weighted by molar-refractivity contribution is 0.317. The molecule has 118 valence electrons. The van der Waals surface area contributed by atoms with Gasteiger partial charge in [-0.25, -0.2) is 0 Å². The Hall–Kier alpha value is -1.80. The first-order chi connectivity index (χ1) is 10.6. The first kappa shape index (κ1) is 16.6. The molecule has 0 aliphatic heterocycles. The molecule has 0 saturated heterocycles. The van der Waals surface area contributed by atoms with E-state index in [0.29, 0.717) is 12.5 Å². The summed E-state index contributed by atoms with van der Waals surface area (Å²) in [6.45, 7) is 7.85. The second-order valence-corrected chi connectivity index (χ2v) is 5.99. The molecule has 0 fully saturated rings. The highest BCUT2D eigenvalue weighted by atomic mass is 16.5. The molecule has 0 aromatic heterocycles. The van der Waals surface area contributed by atoms with Gasteiger partial charge in [-0.2, -0.15) is 0 Å². The van der Waals surface area contributed by atoms with Crippen LogP contribution in [0.3, 0.4) is 0 Å². The summed E-state index contributed by atoms with van der Waals surface area (Å²) >= 11 is 0. The summed E-state index contributed by atoms with van der Waals surface area (Å²) < 4.78 is 5.64. The second-order valence-electron chi connectivity index (χ2n) is 5.99. The van der Waals surface area contributed by atoms with Crippen molar-refractivity contribution in [3.63, 3.8) is 0 Å². The Morgan fingerprint density at radius 1 is 1.05 bits per heavy atom. The van der Waals surface area contributed by atoms with Crippen LogP contribution in [0.5, 0.6) is 5.75 Å². The van der Waals surface area contributed by atoms with Crippen LogP contribution in [0.25, 0.3) is 0 Å². The van der Waals surface area contributed by atoms with Crippen molar-refractivity contribution in [3.05, 3.63) is 64.7 Å². The summed E-state index contributed by atoms with van der Waals surface area (Å²) in [6, 6.07) is 15.0. The molecule has 0 saturated carbocycles. The molecule has 2 rings (SSSR count). The van der Waals surface area contributed by atoms with E-state index in [-0.39, 0.29) is 0 Å². The van der Waals surface area contributed by atoms with Gasteiger partial charge in [-0.1, -0.05) is 42.8 Å². The summed E-state index contributed by atoms with van der Waals surface area (Å²) in [7, 11) is 0. The highest BCUT2D eigenvalue weighted by Gasteiger charge is 2.13. The fraction of sp³-hybridized carbons (Fsp3) is 0.400. The lowest BCUT2D eigenvalue weighted by Crippen LogP contribution is -2.16. The van der Waals surface area contributed by atoms with Crippen LogP contribution in [0, 0.1) is 13.8 Å². The van der Waals surface area contributed by atoms with Crippen molar-refractivity contribution in [3.8, 4) is 5.75 Å². The molecule has 1 atom stereocenters. The van der Waals surface area contributed by atoms with E-state index in [1.165, 1.54) is 22.3 Å². The van der Waals surface area contributed by atoms with Crippen LogP contribution >= 0.6 is 0 Å². The van der Waals surface area contributed by atoms with Gasteiger partial charge in [0.05, 0.1) is 6.61 Å². The van der Waals surface area contributed by atoms with Gasteiger partial charge in [-0.05, 0) is 62.1 Å². The fourth-order valence-corrected chi connectivity index (χ4v) is 2.75. The normalized spacial score (nSPS) is 12.2. The Morgan fingerprint density at radius 3 is 2.41 bits per heavy atom. The predicted molar refractivity (Wildman–Crippen MR) is 93.6 cm³/mol. The number of hydrogen-bond donors (Lipinski definition) is 1. The van der Waals surface area contributed by atoms with E-state index in [1.54, 1.807) is 0 Å². The number of hydrogen-bond acceptors (Lipinski definition) is 2. The van der Waals surface area contributed by atoms with Gasteiger partial charge in [-0.15, -0.1) is 0 Å². The molecule has 2 aromatic carbocycles. The molecule has 1 unspecified atom stereocenters. The minimum atomic E-state index is 0.363. The molecule has 2 heteroatoms. The van der Waals surface area contributed by atoms with Crippen LogP contribution in [-0.4, -0.2) is 13.2 Å². The Kier molecular flexibility index (Phi) is 6.02. The Morgan fingerprint density at radius 2 is 1.77 bits per heavy atom. The highest BCUT2D eigenvalue weighted by Crippen LogP contribution is 2.25. The maximum absolute atomic E-state index is 6.04. The molecular weight excluding hydrogens is 270 g/mol. The fourth-order valence-electron chi connectivity index (χ4n) is 2.75. The smallest absolute Gasteiger partial charge is 0.119 e. The minimum Gasteiger partial charge on any atom is -0.494 e. The summed E-state index contributed by atoms with van der Waals surface area (Å²) in [5, 5.41) is 0. The van der Waals surface area contributed by atoms with Gasteiger partial charge in [0.2, 0.25) is 0 Å². The zero-order valence-corrected chi connectivity index (χ0v) is 13.9. The van der Waals surface area contributed by atoms with Crippen LogP contribution in [-0.2, 0) is 6.42 Å². The van der Waals surface area contributed by atoms with Crippen LogP contribution in [0.15, 0.2) is 42.5 Å². The van der Waals surface area contributed by atoms with Crippen molar-refractivity contribution in [2.45, 2.75) is 39.5 Å². The van der Waals surface area contributed by atoms with Crippen molar-refractivity contribution >= 4 is 0 Å². The molecule has 0 spiro atoms. The van der Waals surface area contributed by atoms with Crippen molar-refractivity contribution in [1.29, 1.82) is 0 Å². The molecule has 0 bridgehead atoms. The first-order valence-corrected chi connectivity index (χ1v) is 8.13. The number of rotatable bonds is 7. The average molecular weight is 297 g/mol. The third kappa shape index (κ3) is 4.35. The summed E-state index contributed by atoms with van der Waals surface area (Å²) in [6.07, 6.45) is 2.00.